The van der Waals surface area contributed by atoms with Gasteiger partial charge in [-0.3, -0.25) is 4.79 Å². The zero-order chi connectivity index (χ0) is 24.7. The molecule has 2 heterocycles. The number of carbonyl (C=O) groups excluding carboxylic acids is 1. The lowest BCUT2D eigenvalue weighted by atomic mass is 9.95. The molecule has 0 saturated carbocycles. The van der Waals surface area contributed by atoms with Gasteiger partial charge in [-0.25, -0.2) is 4.79 Å². The highest BCUT2D eigenvalue weighted by Gasteiger charge is 2.52. The van der Waals surface area contributed by atoms with Crippen molar-refractivity contribution in [3.8, 4) is 0 Å². The third kappa shape index (κ3) is 6.96. The van der Waals surface area contributed by atoms with Crippen molar-refractivity contribution in [3.63, 3.8) is 0 Å². The van der Waals surface area contributed by atoms with Crippen LogP contribution in [0.25, 0.3) is 0 Å². The van der Waals surface area contributed by atoms with E-state index in [1.807, 2.05) is 25.1 Å². The number of likely N-dealkylation sites (tertiary alicyclic amines) is 1. The summed E-state index contributed by atoms with van der Waals surface area (Å²) in [5.41, 5.74) is 1.24. The molecular formula is C26H31F2NO4S. The van der Waals surface area contributed by atoms with Crippen molar-refractivity contribution in [1.82, 2.24) is 4.90 Å². The van der Waals surface area contributed by atoms with Gasteiger partial charge in [-0.15, -0.1) is 11.3 Å². The Kier molecular flexibility index (Phi) is 8.97. The van der Waals surface area contributed by atoms with Gasteiger partial charge in [0, 0.05) is 17.8 Å². The number of rotatable bonds is 12. The minimum atomic E-state index is -3.42. The van der Waals surface area contributed by atoms with Gasteiger partial charge in [0.15, 0.2) is 0 Å². The molecule has 1 amide bonds. The number of amides is 1. The van der Waals surface area contributed by atoms with Crippen LogP contribution < -0.4 is 0 Å². The second-order valence-corrected chi connectivity index (χ2v) is 10.0. The molecule has 1 fully saturated rings. The molecule has 0 radical (unpaired) electrons. The second kappa shape index (κ2) is 11.7. The average molecular weight is 492 g/mol. The molecule has 5 nitrogen and oxygen atoms in total. The number of carboxylic acid groups (broad SMARTS) is 1. The zero-order valence-electron chi connectivity index (χ0n) is 19.2. The molecule has 0 spiro atoms. The lowest BCUT2D eigenvalue weighted by Crippen LogP contribution is -2.36. The number of thiophene rings is 1. The molecule has 1 aliphatic heterocycles. The van der Waals surface area contributed by atoms with E-state index in [1.165, 1.54) is 28.7 Å². The van der Waals surface area contributed by atoms with E-state index >= 15 is 0 Å². The van der Waals surface area contributed by atoms with E-state index in [0.717, 1.165) is 35.5 Å². The van der Waals surface area contributed by atoms with Gasteiger partial charge in [0.1, 0.15) is 4.88 Å². The van der Waals surface area contributed by atoms with Crippen LogP contribution in [0.1, 0.15) is 52.7 Å². The third-order valence-electron chi connectivity index (χ3n) is 6.22. The molecule has 8 heteroatoms. The number of alkyl halides is 2. The Morgan fingerprint density at radius 2 is 1.94 bits per heavy atom. The SMILES string of the molecule is C[C@H](CCCc1ccccc1)[C@H](O)/C=C/C1CC(F)(F)C(=O)N1CCCc1ccc(C(=O)O)s1. The van der Waals surface area contributed by atoms with Gasteiger partial charge in [0.25, 0.3) is 5.91 Å². The van der Waals surface area contributed by atoms with Gasteiger partial charge in [-0.1, -0.05) is 49.4 Å². The summed E-state index contributed by atoms with van der Waals surface area (Å²) in [5.74, 6) is -5.64. The molecule has 3 rings (SSSR count). The molecule has 1 unspecified atom stereocenters. The summed E-state index contributed by atoms with van der Waals surface area (Å²) in [6.45, 7) is 2.07. The van der Waals surface area contributed by atoms with E-state index < -0.39 is 36.4 Å². The molecular weight excluding hydrogens is 460 g/mol. The van der Waals surface area contributed by atoms with Gasteiger partial charge in [0.2, 0.25) is 0 Å². The van der Waals surface area contributed by atoms with Gasteiger partial charge in [-0.05, 0) is 55.7 Å². The molecule has 1 saturated heterocycles. The number of aliphatic hydroxyl groups is 1. The zero-order valence-corrected chi connectivity index (χ0v) is 20.0. The van der Waals surface area contributed by atoms with Crippen molar-refractivity contribution < 1.29 is 28.6 Å². The van der Waals surface area contributed by atoms with Crippen molar-refractivity contribution in [2.75, 3.05) is 6.54 Å². The van der Waals surface area contributed by atoms with Crippen LogP contribution in [0.2, 0.25) is 0 Å². The number of benzene rings is 1. The molecule has 1 aliphatic rings. The highest BCUT2D eigenvalue weighted by Crippen LogP contribution is 2.34. The van der Waals surface area contributed by atoms with Crippen molar-refractivity contribution in [3.05, 3.63) is 69.9 Å². The summed E-state index contributed by atoms with van der Waals surface area (Å²) < 4.78 is 28.3. The minimum absolute atomic E-state index is 0.0340. The Labute approximate surface area is 202 Å². The number of carboxylic acids is 1. The summed E-state index contributed by atoms with van der Waals surface area (Å²) in [5, 5.41) is 19.5. The fourth-order valence-corrected chi connectivity index (χ4v) is 5.07. The second-order valence-electron chi connectivity index (χ2n) is 8.88. The first-order valence-corrected chi connectivity index (χ1v) is 12.4. The number of carbonyl (C=O) groups is 2. The normalized spacial score (nSPS) is 19.6. The van der Waals surface area contributed by atoms with Crippen molar-refractivity contribution in [2.24, 2.45) is 5.92 Å². The molecule has 2 aromatic rings. The Morgan fingerprint density at radius 3 is 2.62 bits per heavy atom. The van der Waals surface area contributed by atoms with E-state index in [1.54, 1.807) is 6.07 Å². The lowest BCUT2D eigenvalue weighted by molar-refractivity contribution is -0.148. The lowest BCUT2D eigenvalue weighted by Gasteiger charge is -2.22. The van der Waals surface area contributed by atoms with Crippen LogP contribution in [0.4, 0.5) is 8.78 Å². The largest absolute Gasteiger partial charge is 0.477 e. The molecule has 3 atom stereocenters. The Hall–Kier alpha value is -2.58. The number of hydrogen-bond acceptors (Lipinski definition) is 4. The first-order valence-electron chi connectivity index (χ1n) is 11.6. The molecule has 0 bridgehead atoms. The Bertz CT molecular complexity index is 992. The van der Waals surface area contributed by atoms with E-state index in [-0.39, 0.29) is 17.3 Å². The van der Waals surface area contributed by atoms with Gasteiger partial charge in [-0.2, -0.15) is 8.78 Å². The van der Waals surface area contributed by atoms with Gasteiger partial charge in [0.05, 0.1) is 12.1 Å². The highest BCUT2D eigenvalue weighted by molar-refractivity contribution is 7.13. The summed E-state index contributed by atoms with van der Waals surface area (Å²) in [6, 6.07) is 12.5. The Balaban J connectivity index is 1.51. The fourth-order valence-electron chi connectivity index (χ4n) is 4.19. The quantitative estimate of drug-likeness (QED) is 0.401. The molecule has 0 aliphatic carbocycles. The van der Waals surface area contributed by atoms with Crippen LogP contribution in [-0.4, -0.2) is 51.6 Å². The number of nitrogens with zero attached hydrogens (tertiary/aromatic N) is 1. The van der Waals surface area contributed by atoms with Crippen molar-refractivity contribution in [2.45, 2.75) is 63.5 Å². The minimum Gasteiger partial charge on any atom is -0.477 e. The Morgan fingerprint density at radius 1 is 1.21 bits per heavy atom. The van der Waals surface area contributed by atoms with Crippen LogP contribution >= 0.6 is 11.3 Å². The topological polar surface area (TPSA) is 77.8 Å². The monoisotopic (exact) mass is 491 g/mol. The predicted octanol–water partition coefficient (Wildman–Crippen LogP) is 5.19. The number of halogens is 2. The average Bonchev–Trinajstić information content (AvgIpc) is 3.36. The standard InChI is InChI=1S/C26H31F2NO4S/c1-18(7-5-10-19-8-3-2-4-9-19)22(30)14-12-20-17-26(27,28)25(33)29(20)16-6-11-21-13-15-23(34-21)24(31)32/h2-4,8-9,12-15,18,20,22,30H,5-7,10-11,16-17H2,1H3,(H,31,32)/b14-12+/t18-,20?,22-/m1/s1. The molecule has 1 aromatic heterocycles. The van der Waals surface area contributed by atoms with E-state index in [4.69, 9.17) is 5.11 Å². The van der Waals surface area contributed by atoms with Gasteiger partial charge < -0.3 is 15.1 Å². The molecule has 34 heavy (non-hydrogen) atoms. The first-order chi connectivity index (χ1) is 16.2. The summed E-state index contributed by atoms with van der Waals surface area (Å²) >= 11 is 1.15. The molecule has 1 aromatic carbocycles. The maximum absolute atomic E-state index is 14.1. The van der Waals surface area contributed by atoms with E-state index in [9.17, 15) is 23.5 Å². The number of aromatic carboxylic acids is 1. The van der Waals surface area contributed by atoms with Crippen molar-refractivity contribution >= 4 is 23.2 Å². The first kappa shape index (κ1) is 26.0. The van der Waals surface area contributed by atoms with Crippen molar-refractivity contribution in [1.29, 1.82) is 0 Å². The van der Waals surface area contributed by atoms with Crippen LogP contribution in [0.5, 0.6) is 0 Å². The summed E-state index contributed by atoms with van der Waals surface area (Å²) in [7, 11) is 0. The molecule has 2 N–H and O–H groups in total. The van der Waals surface area contributed by atoms with E-state index in [2.05, 4.69) is 12.1 Å². The fraction of sp³-hybridized carbons (Fsp3) is 0.462. The maximum Gasteiger partial charge on any atom is 0.345 e. The maximum atomic E-state index is 14.1. The molecule has 184 valence electrons. The summed E-state index contributed by atoms with van der Waals surface area (Å²) in [4.78, 5) is 25.5. The number of aliphatic hydroxyl groups excluding tert-OH is 1. The smallest absolute Gasteiger partial charge is 0.345 e. The highest BCUT2D eigenvalue weighted by atomic mass is 32.1. The van der Waals surface area contributed by atoms with Gasteiger partial charge >= 0.3 is 11.9 Å². The predicted molar refractivity (Wildman–Crippen MR) is 128 cm³/mol. The van der Waals surface area contributed by atoms with E-state index in [0.29, 0.717) is 12.8 Å². The number of hydrogen-bond donors (Lipinski definition) is 2. The number of aryl methyl sites for hydroxylation is 2. The van der Waals surface area contributed by atoms with Crippen LogP contribution in [0.15, 0.2) is 54.6 Å². The van der Waals surface area contributed by atoms with Crippen LogP contribution in [-0.2, 0) is 17.6 Å². The third-order valence-corrected chi connectivity index (χ3v) is 7.35. The summed E-state index contributed by atoms with van der Waals surface area (Å²) in [6.07, 6.45) is 5.27. The van der Waals surface area contributed by atoms with Crippen LogP contribution in [0.3, 0.4) is 0 Å². The van der Waals surface area contributed by atoms with Crippen LogP contribution in [0, 0.1) is 5.92 Å².